The molecule has 0 saturated carbocycles. The van der Waals surface area contributed by atoms with E-state index in [1.165, 1.54) is 17.4 Å². The minimum Gasteiger partial charge on any atom is -0.345 e. The van der Waals surface area contributed by atoms with Gasteiger partial charge in [0.05, 0.1) is 17.2 Å². The van der Waals surface area contributed by atoms with Crippen LogP contribution in [0.1, 0.15) is 28.2 Å². The van der Waals surface area contributed by atoms with E-state index in [1.807, 2.05) is 6.92 Å². The molecule has 1 amide bonds. The standard InChI is InChI=1S/C20H19FN2O3S2/c1-13(14-6-5-7-15(12-14)23-28(2,25)26)22-20(24)19-11-10-18(27-19)16-8-3-4-9-17(16)21/h3-13,23H,1-2H3,(H,22,24). The molecule has 146 valence electrons. The molecule has 1 atom stereocenters. The molecule has 8 heteroatoms. The highest BCUT2D eigenvalue weighted by atomic mass is 32.2. The number of sulfonamides is 1. The van der Waals surface area contributed by atoms with Crippen molar-refractivity contribution in [1.29, 1.82) is 0 Å². The number of nitrogens with one attached hydrogen (secondary N) is 2. The molecule has 3 rings (SSSR count). The summed E-state index contributed by atoms with van der Waals surface area (Å²) in [5.74, 6) is -0.610. The van der Waals surface area contributed by atoms with E-state index >= 15 is 0 Å². The summed E-state index contributed by atoms with van der Waals surface area (Å²) in [6, 6.07) is 16.3. The first-order valence-electron chi connectivity index (χ1n) is 8.46. The lowest BCUT2D eigenvalue weighted by Crippen LogP contribution is -2.26. The fraction of sp³-hybridized carbons (Fsp3) is 0.150. The van der Waals surface area contributed by atoms with E-state index in [2.05, 4.69) is 10.0 Å². The van der Waals surface area contributed by atoms with Crippen LogP contribution in [0.25, 0.3) is 10.4 Å². The van der Waals surface area contributed by atoms with Crippen LogP contribution in [0, 0.1) is 5.82 Å². The Kier molecular flexibility index (Phi) is 5.81. The van der Waals surface area contributed by atoms with Crippen molar-refractivity contribution < 1.29 is 17.6 Å². The van der Waals surface area contributed by atoms with E-state index in [1.54, 1.807) is 54.6 Å². The Morgan fingerprint density at radius 1 is 1.07 bits per heavy atom. The number of halogens is 1. The molecule has 3 aromatic rings. The Bertz CT molecular complexity index is 1110. The van der Waals surface area contributed by atoms with Crippen LogP contribution in [-0.4, -0.2) is 20.6 Å². The number of carbonyl (C=O) groups excluding carboxylic acids is 1. The van der Waals surface area contributed by atoms with Gasteiger partial charge in [-0.25, -0.2) is 12.8 Å². The number of carbonyl (C=O) groups is 1. The van der Waals surface area contributed by atoms with Crippen LogP contribution in [-0.2, 0) is 10.0 Å². The van der Waals surface area contributed by atoms with Gasteiger partial charge in [-0.15, -0.1) is 11.3 Å². The van der Waals surface area contributed by atoms with Gasteiger partial charge in [0, 0.05) is 16.1 Å². The molecule has 0 saturated heterocycles. The number of thiophene rings is 1. The molecule has 0 aliphatic heterocycles. The quantitative estimate of drug-likeness (QED) is 0.622. The lowest BCUT2D eigenvalue weighted by Gasteiger charge is -2.15. The molecule has 0 aliphatic carbocycles. The maximum atomic E-state index is 13.9. The van der Waals surface area contributed by atoms with Gasteiger partial charge >= 0.3 is 0 Å². The fourth-order valence-electron chi connectivity index (χ4n) is 2.70. The van der Waals surface area contributed by atoms with Crippen LogP contribution in [0.3, 0.4) is 0 Å². The largest absolute Gasteiger partial charge is 0.345 e. The van der Waals surface area contributed by atoms with Gasteiger partial charge in [0.2, 0.25) is 10.0 Å². The van der Waals surface area contributed by atoms with Gasteiger partial charge in [0.25, 0.3) is 5.91 Å². The number of hydrogen-bond donors (Lipinski definition) is 2. The molecule has 2 aromatic carbocycles. The topological polar surface area (TPSA) is 75.3 Å². The zero-order chi connectivity index (χ0) is 20.3. The van der Waals surface area contributed by atoms with E-state index < -0.39 is 10.0 Å². The van der Waals surface area contributed by atoms with Gasteiger partial charge < -0.3 is 5.32 Å². The zero-order valence-corrected chi connectivity index (χ0v) is 16.9. The molecule has 0 spiro atoms. The number of rotatable bonds is 6. The highest BCUT2D eigenvalue weighted by molar-refractivity contribution is 7.92. The average Bonchev–Trinajstić information content (AvgIpc) is 3.11. The third kappa shape index (κ3) is 4.96. The normalized spacial score (nSPS) is 12.4. The average molecular weight is 419 g/mol. The molecule has 28 heavy (non-hydrogen) atoms. The third-order valence-electron chi connectivity index (χ3n) is 4.01. The first-order chi connectivity index (χ1) is 13.2. The minimum atomic E-state index is -3.38. The third-order valence-corrected chi connectivity index (χ3v) is 5.73. The van der Waals surface area contributed by atoms with Crippen molar-refractivity contribution in [1.82, 2.24) is 5.32 Å². The van der Waals surface area contributed by atoms with Gasteiger partial charge in [-0.3, -0.25) is 9.52 Å². The maximum Gasteiger partial charge on any atom is 0.261 e. The zero-order valence-electron chi connectivity index (χ0n) is 15.3. The number of benzene rings is 2. The highest BCUT2D eigenvalue weighted by Crippen LogP contribution is 2.30. The van der Waals surface area contributed by atoms with E-state index in [4.69, 9.17) is 0 Å². The van der Waals surface area contributed by atoms with Crippen molar-refractivity contribution in [3.05, 3.63) is 76.9 Å². The highest BCUT2D eigenvalue weighted by Gasteiger charge is 2.16. The molecule has 2 N–H and O–H groups in total. The molecular formula is C20H19FN2O3S2. The first-order valence-corrected chi connectivity index (χ1v) is 11.2. The molecule has 1 unspecified atom stereocenters. The summed E-state index contributed by atoms with van der Waals surface area (Å²) in [4.78, 5) is 13.7. The molecule has 0 radical (unpaired) electrons. The smallest absolute Gasteiger partial charge is 0.261 e. The van der Waals surface area contributed by atoms with Crippen molar-refractivity contribution >= 4 is 33.0 Å². The van der Waals surface area contributed by atoms with Crippen LogP contribution in [0.4, 0.5) is 10.1 Å². The Labute approximate surface area is 167 Å². The van der Waals surface area contributed by atoms with Crippen molar-refractivity contribution in [3.8, 4) is 10.4 Å². The lowest BCUT2D eigenvalue weighted by atomic mass is 10.1. The number of hydrogen-bond acceptors (Lipinski definition) is 4. The van der Waals surface area contributed by atoms with Gasteiger partial charge in [0.15, 0.2) is 0 Å². The van der Waals surface area contributed by atoms with Crippen molar-refractivity contribution in [2.45, 2.75) is 13.0 Å². The van der Waals surface area contributed by atoms with Crippen LogP contribution in [0.2, 0.25) is 0 Å². The number of amides is 1. The summed E-state index contributed by atoms with van der Waals surface area (Å²) < 4.78 is 39.1. The summed E-state index contributed by atoms with van der Waals surface area (Å²) in [6.45, 7) is 1.81. The summed E-state index contributed by atoms with van der Waals surface area (Å²) in [5, 5.41) is 2.88. The van der Waals surface area contributed by atoms with Crippen LogP contribution in [0.5, 0.6) is 0 Å². The molecule has 0 aliphatic rings. The van der Waals surface area contributed by atoms with E-state index in [9.17, 15) is 17.6 Å². The monoisotopic (exact) mass is 418 g/mol. The Morgan fingerprint density at radius 2 is 1.82 bits per heavy atom. The maximum absolute atomic E-state index is 13.9. The van der Waals surface area contributed by atoms with Gasteiger partial charge in [-0.2, -0.15) is 0 Å². The summed E-state index contributed by atoms with van der Waals surface area (Å²) in [6.07, 6.45) is 1.08. The van der Waals surface area contributed by atoms with E-state index in [0.717, 1.165) is 11.8 Å². The lowest BCUT2D eigenvalue weighted by molar-refractivity contribution is 0.0944. The Hall–Kier alpha value is -2.71. The predicted octanol–water partition coefficient (Wildman–Crippen LogP) is 4.42. The second-order valence-electron chi connectivity index (χ2n) is 6.34. The van der Waals surface area contributed by atoms with Crippen LogP contribution >= 0.6 is 11.3 Å². The predicted molar refractivity (Wildman–Crippen MR) is 111 cm³/mol. The van der Waals surface area contributed by atoms with Crippen LogP contribution < -0.4 is 10.0 Å². The van der Waals surface area contributed by atoms with Gasteiger partial charge in [-0.1, -0.05) is 30.3 Å². The fourth-order valence-corrected chi connectivity index (χ4v) is 4.19. The second kappa shape index (κ2) is 8.12. The molecule has 1 heterocycles. The first kappa shape index (κ1) is 20.0. The van der Waals surface area contributed by atoms with Crippen LogP contribution in [0.15, 0.2) is 60.7 Å². The molecular weight excluding hydrogens is 399 g/mol. The Balaban J connectivity index is 1.73. The SMILES string of the molecule is CC(NC(=O)c1ccc(-c2ccccc2F)s1)c1cccc(NS(C)(=O)=O)c1. The summed E-state index contributed by atoms with van der Waals surface area (Å²) in [7, 11) is -3.38. The molecule has 0 bridgehead atoms. The van der Waals surface area contributed by atoms with Crippen molar-refractivity contribution in [3.63, 3.8) is 0 Å². The number of anilines is 1. The molecule has 0 fully saturated rings. The summed E-state index contributed by atoms with van der Waals surface area (Å²) >= 11 is 1.21. The van der Waals surface area contributed by atoms with Crippen molar-refractivity contribution in [2.24, 2.45) is 0 Å². The minimum absolute atomic E-state index is 0.276. The Morgan fingerprint density at radius 3 is 2.54 bits per heavy atom. The van der Waals surface area contributed by atoms with E-state index in [0.29, 0.717) is 21.0 Å². The summed E-state index contributed by atoms with van der Waals surface area (Å²) in [5.41, 5.74) is 1.64. The van der Waals surface area contributed by atoms with E-state index in [-0.39, 0.29) is 17.8 Å². The second-order valence-corrected chi connectivity index (χ2v) is 9.17. The van der Waals surface area contributed by atoms with Gasteiger partial charge in [0.1, 0.15) is 5.82 Å². The molecule has 1 aromatic heterocycles. The molecule has 5 nitrogen and oxygen atoms in total. The van der Waals surface area contributed by atoms with Crippen molar-refractivity contribution in [2.75, 3.05) is 11.0 Å². The van der Waals surface area contributed by atoms with Gasteiger partial charge in [-0.05, 0) is 42.8 Å².